The minimum atomic E-state index is -3.46. The highest BCUT2D eigenvalue weighted by atomic mass is 32.2. The zero-order chi connectivity index (χ0) is 20.6. The average Bonchev–Trinajstić information content (AvgIpc) is 3.17. The van der Waals surface area contributed by atoms with Crippen molar-refractivity contribution in [1.82, 2.24) is 20.2 Å². The molecule has 148 valence electrons. The van der Waals surface area contributed by atoms with Crippen molar-refractivity contribution in [2.24, 2.45) is 0 Å². The molecule has 7 nitrogen and oxygen atoms in total. The minimum absolute atomic E-state index is 0.112. The van der Waals surface area contributed by atoms with Crippen LogP contribution >= 0.6 is 0 Å². The molecule has 1 atom stereocenters. The molecule has 4 rings (SSSR count). The van der Waals surface area contributed by atoms with Crippen LogP contribution in [0.1, 0.15) is 17.2 Å². The fraction of sp³-hybridized carbons (Fsp3) is 0.105. The Labute approximate surface area is 164 Å². The highest BCUT2D eigenvalue weighted by molar-refractivity contribution is 7.90. The van der Waals surface area contributed by atoms with Crippen LogP contribution in [-0.2, 0) is 9.84 Å². The molecule has 1 unspecified atom stereocenters. The molecule has 0 aliphatic carbocycles. The van der Waals surface area contributed by atoms with Gasteiger partial charge in [0, 0.05) is 6.26 Å². The molecule has 29 heavy (non-hydrogen) atoms. The standard InChI is InChI=1S/C19H15F2N5O2S/c1-29(27,28)13-4-2-3-11(7-13)17(12-5-6-15(20)16(21)8-12)25-18-14-9-24-26-19(14)23-10-22-18/h2-10,17H,1H3,(H2,22,23,24,25,26). The van der Waals surface area contributed by atoms with Gasteiger partial charge in [0.2, 0.25) is 0 Å². The number of aromatic amines is 1. The Balaban J connectivity index is 1.86. The second-order valence-corrected chi connectivity index (χ2v) is 8.47. The summed E-state index contributed by atoms with van der Waals surface area (Å²) in [4.78, 5) is 8.39. The smallest absolute Gasteiger partial charge is 0.175 e. The summed E-state index contributed by atoms with van der Waals surface area (Å²) in [5.41, 5.74) is 1.43. The third-order valence-corrected chi connectivity index (χ3v) is 5.54. The topological polar surface area (TPSA) is 101 Å². The average molecular weight is 415 g/mol. The van der Waals surface area contributed by atoms with E-state index in [0.29, 0.717) is 28.0 Å². The van der Waals surface area contributed by atoms with E-state index in [-0.39, 0.29) is 4.90 Å². The highest BCUT2D eigenvalue weighted by Crippen LogP contribution is 2.30. The van der Waals surface area contributed by atoms with E-state index in [9.17, 15) is 17.2 Å². The Hall–Kier alpha value is -3.40. The Bertz CT molecular complexity index is 1310. The molecule has 0 aliphatic rings. The number of aromatic nitrogens is 4. The molecule has 0 saturated carbocycles. The molecule has 0 aliphatic heterocycles. The SMILES string of the molecule is CS(=O)(=O)c1cccc(C(Nc2ncnc3[nH]ncc23)c2ccc(F)c(F)c2)c1. The molecule has 0 spiro atoms. The molecule has 0 bridgehead atoms. The molecule has 2 aromatic carbocycles. The van der Waals surface area contributed by atoms with Crippen molar-refractivity contribution < 1.29 is 17.2 Å². The first-order valence-corrected chi connectivity index (χ1v) is 10.4. The normalized spacial score (nSPS) is 12.8. The van der Waals surface area contributed by atoms with E-state index in [1.807, 2.05) is 0 Å². The van der Waals surface area contributed by atoms with Crippen molar-refractivity contribution in [3.05, 3.63) is 77.8 Å². The quantitative estimate of drug-likeness (QED) is 0.519. The maximum Gasteiger partial charge on any atom is 0.175 e. The van der Waals surface area contributed by atoms with Gasteiger partial charge in [0.15, 0.2) is 27.1 Å². The van der Waals surface area contributed by atoms with Gasteiger partial charge in [-0.1, -0.05) is 18.2 Å². The van der Waals surface area contributed by atoms with Crippen molar-refractivity contribution >= 4 is 26.7 Å². The number of H-pyrrole nitrogens is 1. The number of hydrogen-bond donors (Lipinski definition) is 2. The number of halogens is 2. The second kappa shape index (κ2) is 7.21. The van der Waals surface area contributed by atoms with E-state index >= 15 is 0 Å². The van der Waals surface area contributed by atoms with Crippen molar-refractivity contribution in [3.63, 3.8) is 0 Å². The number of benzene rings is 2. The molecule has 0 radical (unpaired) electrons. The first kappa shape index (κ1) is 18.9. The third-order valence-electron chi connectivity index (χ3n) is 4.43. The molecular weight excluding hydrogens is 400 g/mol. The minimum Gasteiger partial charge on any atom is -0.358 e. The van der Waals surface area contributed by atoms with Gasteiger partial charge in [-0.3, -0.25) is 5.10 Å². The third kappa shape index (κ3) is 3.79. The van der Waals surface area contributed by atoms with Gasteiger partial charge in [0.25, 0.3) is 0 Å². The van der Waals surface area contributed by atoms with Crippen LogP contribution in [0.15, 0.2) is 59.9 Å². The van der Waals surface area contributed by atoms with Crippen molar-refractivity contribution in [1.29, 1.82) is 0 Å². The van der Waals surface area contributed by atoms with Gasteiger partial charge in [-0.05, 0) is 35.4 Å². The zero-order valence-corrected chi connectivity index (χ0v) is 15.9. The summed E-state index contributed by atoms with van der Waals surface area (Å²) in [6.07, 6.45) is 3.97. The van der Waals surface area contributed by atoms with Crippen LogP contribution in [0.2, 0.25) is 0 Å². The summed E-state index contributed by atoms with van der Waals surface area (Å²) in [7, 11) is -3.46. The summed E-state index contributed by atoms with van der Waals surface area (Å²) >= 11 is 0. The highest BCUT2D eigenvalue weighted by Gasteiger charge is 2.20. The number of rotatable bonds is 5. The maximum absolute atomic E-state index is 13.9. The van der Waals surface area contributed by atoms with Gasteiger partial charge in [-0.2, -0.15) is 5.10 Å². The molecule has 0 fully saturated rings. The summed E-state index contributed by atoms with van der Waals surface area (Å²) < 4.78 is 51.4. The van der Waals surface area contributed by atoms with Gasteiger partial charge in [-0.25, -0.2) is 27.2 Å². The summed E-state index contributed by atoms with van der Waals surface area (Å²) in [5, 5.41) is 10.4. The van der Waals surface area contributed by atoms with Crippen LogP contribution in [-0.4, -0.2) is 34.8 Å². The first-order valence-electron chi connectivity index (χ1n) is 8.48. The van der Waals surface area contributed by atoms with Crippen LogP contribution in [0.3, 0.4) is 0 Å². The molecule has 2 N–H and O–H groups in total. The van der Waals surface area contributed by atoms with Crippen LogP contribution in [0.25, 0.3) is 11.0 Å². The molecule has 0 amide bonds. The lowest BCUT2D eigenvalue weighted by atomic mass is 9.98. The second-order valence-electron chi connectivity index (χ2n) is 6.45. The lowest BCUT2D eigenvalue weighted by Crippen LogP contribution is -2.15. The monoisotopic (exact) mass is 415 g/mol. The van der Waals surface area contributed by atoms with Crippen molar-refractivity contribution in [3.8, 4) is 0 Å². The van der Waals surface area contributed by atoms with Gasteiger partial charge in [0.1, 0.15) is 12.1 Å². The van der Waals surface area contributed by atoms with Gasteiger partial charge in [0.05, 0.1) is 22.5 Å². The lowest BCUT2D eigenvalue weighted by Gasteiger charge is -2.21. The van der Waals surface area contributed by atoms with E-state index in [4.69, 9.17) is 0 Å². The number of nitrogens with zero attached hydrogens (tertiary/aromatic N) is 3. The zero-order valence-electron chi connectivity index (χ0n) is 15.1. The number of fused-ring (bicyclic) bond motifs is 1. The van der Waals surface area contributed by atoms with Crippen LogP contribution in [0, 0.1) is 11.6 Å². The molecule has 2 heterocycles. The fourth-order valence-electron chi connectivity index (χ4n) is 2.99. The van der Waals surface area contributed by atoms with E-state index in [0.717, 1.165) is 18.4 Å². The summed E-state index contributed by atoms with van der Waals surface area (Å²) in [6.45, 7) is 0. The van der Waals surface area contributed by atoms with E-state index in [2.05, 4.69) is 25.5 Å². The van der Waals surface area contributed by atoms with E-state index in [1.165, 1.54) is 30.7 Å². The van der Waals surface area contributed by atoms with E-state index < -0.39 is 27.5 Å². The number of sulfone groups is 1. The lowest BCUT2D eigenvalue weighted by molar-refractivity contribution is 0.506. The molecule has 4 aromatic rings. The fourth-order valence-corrected chi connectivity index (χ4v) is 3.67. The number of anilines is 1. The first-order chi connectivity index (χ1) is 13.8. The van der Waals surface area contributed by atoms with Gasteiger partial charge < -0.3 is 5.32 Å². The number of nitrogens with one attached hydrogen (secondary N) is 2. The summed E-state index contributed by atoms with van der Waals surface area (Å²) in [6, 6.07) is 9.05. The van der Waals surface area contributed by atoms with Crippen LogP contribution in [0.5, 0.6) is 0 Å². The molecule has 2 aromatic heterocycles. The van der Waals surface area contributed by atoms with Crippen LogP contribution < -0.4 is 5.32 Å². The van der Waals surface area contributed by atoms with Gasteiger partial charge in [-0.15, -0.1) is 0 Å². The Kier molecular flexibility index (Phi) is 4.71. The number of hydrogen-bond acceptors (Lipinski definition) is 6. The Morgan fingerprint density at radius 2 is 1.83 bits per heavy atom. The Morgan fingerprint density at radius 3 is 2.59 bits per heavy atom. The van der Waals surface area contributed by atoms with Crippen molar-refractivity contribution in [2.75, 3.05) is 11.6 Å². The Morgan fingerprint density at radius 1 is 1.03 bits per heavy atom. The maximum atomic E-state index is 13.9. The molecular formula is C19H15F2N5O2S. The van der Waals surface area contributed by atoms with Gasteiger partial charge >= 0.3 is 0 Å². The molecule has 0 saturated heterocycles. The largest absolute Gasteiger partial charge is 0.358 e. The summed E-state index contributed by atoms with van der Waals surface area (Å²) in [5.74, 6) is -1.58. The molecule has 10 heteroatoms. The predicted molar refractivity (Wildman–Crippen MR) is 103 cm³/mol. The van der Waals surface area contributed by atoms with Crippen LogP contribution in [0.4, 0.5) is 14.6 Å². The predicted octanol–water partition coefficient (Wildman–Crippen LogP) is 3.24. The van der Waals surface area contributed by atoms with E-state index in [1.54, 1.807) is 12.1 Å². The van der Waals surface area contributed by atoms with Crippen molar-refractivity contribution in [2.45, 2.75) is 10.9 Å².